The third-order valence-corrected chi connectivity index (χ3v) is 8.78. The second-order valence-electron chi connectivity index (χ2n) is 7.16. The van der Waals surface area contributed by atoms with E-state index in [0.29, 0.717) is 44.9 Å². The lowest BCUT2D eigenvalue weighted by molar-refractivity contribution is 0.102. The summed E-state index contributed by atoms with van der Waals surface area (Å²) < 4.78 is 28.4. The lowest BCUT2D eigenvalue weighted by Crippen LogP contribution is -2.29. The monoisotopic (exact) mass is 503 g/mol. The summed E-state index contributed by atoms with van der Waals surface area (Å²) in [6.45, 7) is 0.397. The lowest BCUT2D eigenvalue weighted by Gasteiger charge is -2.19. The van der Waals surface area contributed by atoms with Gasteiger partial charge >= 0.3 is 0 Å². The first-order valence-corrected chi connectivity index (χ1v) is 12.6. The van der Waals surface area contributed by atoms with Gasteiger partial charge in [-0.15, -0.1) is 0 Å². The maximum absolute atomic E-state index is 13.1. The Morgan fingerprint density at radius 1 is 1.03 bits per heavy atom. The molecule has 0 radical (unpaired) electrons. The van der Waals surface area contributed by atoms with Crippen LogP contribution >= 0.6 is 34.5 Å². The second-order valence-corrected chi connectivity index (χ2v) is 10.8. The molecule has 10 heteroatoms. The van der Waals surface area contributed by atoms with Crippen LogP contribution in [0.25, 0.3) is 10.2 Å². The van der Waals surface area contributed by atoms with Crippen molar-refractivity contribution in [2.24, 2.45) is 0 Å². The van der Waals surface area contributed by atoms with Crippen molar-refractivity contribution in [1.82, 2.24) is 4.98 Å². The van der Waals surface area contributed by atoms with Gasteiger partial charge in [0.25, 0.3) is 15.9 Å². The molecule has 1 N–H and O–H groups in total. The molecule has 6 nitrogen and oxygen atoms in total. The zero-order valence-electron chi connectivity index (χ0n) is 16.4. The third kappa shape index (κ3) is 3.63. The van der Waals surface area contributed by atoms with Gasteiger partial charge < -0.3 is 0 Å². The van der Waals surface area contributed by atoms with Crippen molar-refractivity contribution in [3.8, 4) is 0 Å². The fraction of sp³-hybridized carbons (Fsp3) is 0.0909. The minimum atomic E-state index is -3.72. The number of amides is 1. The number of nitrogens with one attached hydrogen (secondary N) is 1. The van der Waals surface area contributed by atoms with Crippen LogP contribution in [0.15, 0.2) is 65.6 Å². The van der Waals surface area contributed by atoms with Gasteiger partial charge in [0, 0.05) is 12.1 Å². The first-order valence-electron chi connectivity index (χ1n) is 9.61. The van der Waals surface area contributed by atoms with Gasteiger partial charge in [0.05, 0.1) is 25.3 Å². The van der Waals surface area contributed by atoms with Crippen LogP contribution in [0.1, 0.15) is 15.9 Å². The first kappa shape index (κ1) is 21.2. The molecule has 1 amide bonds. The number of fused-ring (bicyclic) bond motifs is 2. The number of hydrogen-bond donors (Lipinski definition) is 1. The predicted octanol–water partition coefficient (Wildman–Crippen LogP) is 5.61. The summed E-state index contributed by atoms with van der Waals surface area (Å²) in [4.78, 5) is 17.1. The summed E-state index contributed by atoms with van der Waals surface area (Å²) in [5.41, 5.74) is 2.54. The Balaban J connectivity index is 1.37. The van der Waals surface area contributed by atoms with Crippen molar-refractivity contribution in [3.05, 3.63) is 81.8 Å². The number of sulfonamides is 1. The fourth-order valence-corrected chi connectivity index (χ4v) is 6.41. The zero-order valence-corrected chi connectivity index (χ0v) is 19.5. The number of hydrogen-bond acceptors (Lipinski definition) is 5. The largest absolute Gasteiger partial charge is 0.298 e. The van der Waals surface area contributed by atoms with Crippen LogP contribution in [0.4, 0.5) is 10.8 Å². The summed E-state index contributed by atoms with van der Waals surface area (Å²) >= 11 is 13.5. The molecule has 5 rings (SSSR count). The number of anilines is 2. The molecule has 0 saturated heterocycles. The Morgan fingerprint density at radius 3 is 2.56 bits per heavy atom. The zero-order chi connectivity index (χ0) is 22.5. The van der Waals surface area contributed by atoms with Crippen LogP contribution in [0.2, 0.25) is 10.0 Å². The molecule has 0 spiro atoms. The smallest absolute Gasteiger partial charge is 0.264 e. The van der Waals surface area contributed by atoms with Gasteiger partial charge in [-0.2, -0.15) is 0 Å². The number of aromatic nitrogens is 1. The van der Waals surface area contributed by atoms with E-state index in [4.69, 9.17) is 23.2 Å². The normalized spacial score (nSPS) is 13.4. The molecule has 162 valence electrons. The van der Waals surface area contributed by atoms with Gasteiger partial charge in [0.15, 0.2) is 5.13 Å². The van der Waals surface area contributed by atoms with Gasteiger partial charge in [-0.05, 0) is 54.4 Å². The topological polar surface area (TPSA) is 79.4 Å². The average molecular weight is 504 g/mol. The van der Waals surface area contributed by atoms with Gasteiger partial charge in [-0.3, -0.25) is 14.4 Å². The molecule has 0 fully saturated rings. The first-order chi connectivity index (χ1) is 15.3. The summed E-state index contributed by atoms with van der Waals surface area (Å²) in [6, 6.07) is 16.8. The molecule has 4 aromatic rings. The molecule has 0 unspecified atom stereocenters. The predicted molar refractivity (Wildman–Crippen MR) is 129 cm³/mol. The van der Waals surface area contributed by atoms with Crippen molar-refractivity contribution < 1.29 is 13.2 Å². The van der Waals surface area contributed by atoms with Gasteiger partial charge in [-0.25, -0.2) is 13.4 Å². The van der Waals surface area contributed by atoms with E-state index in [1.165, 1.54) is 39.9 Å². The molecule has 0 bridgehead atoms. The molecular formula is C22H15Cl2N3O3S2. The van der Waals surface area contributed by atoms with Crippen LogP contribution < -0.4 is 9.62 Å². The number of rotatable bonds is 4. The third-order valence-electron chi connectivity index (χ3n) is 5.22. The Hall–Kier alpha value is -2.65. The van der Waals surface area contributed by atoms with Crippen molar-refractivity contribution in [2.75, 3.05) is 16.2 Å². The molecule has 0 atom stereocenters. The Morgan fingerprint density at radius 2 is 1.78 bits per heavy atom. The van der Waals surface area contributed by atoms with Crippen molar-refractivity contribution in [2.45, 2.75) is 11.3 Å². The maximum atomic E-state index is 13.1. The summed E-state index contributed by atoms with van der Waals surface area (Å²) in [7, 11) is -3.72. The molecule has 2 heterocycles. The molecule has 0 saturated carbocycles. The number of carbonyl (C=O) groups excluding carboxylic acids is 1. The SMILES string of the molecule is O=C(Nc1nc2c(Cl)c(Cl)ccc2s1)c1ccc(S(=O)(=O)N2CCc3ccccc32)cc1. The molecular weight excluding hydrogens is 489 g/mol. The summed E-state index contributed by atoms with van der Waals surface area (Å²) in [5, 5.41) is 3.82. The Labute approximate surface area is 198 Å². The van der Waals surface area contributed by atoms with Crippen molar-refractivity contribution >= 4 is 71.5 Å². The number of halogens is 2. The van der Waals surface area contributed by atoms with Crippen molar-refractivity contribution in [3.63, 3.8) is 0 Å². The fourth-order valence-electron chi connectivity index (χ4n) is 3.62. The highest BCUT2D eigenvalue weighted by molar-refractivity contribution is 7.92. The number of thiazole rings is 1. The minimum absolute atomic E-state index is 0.132. The van der Waals surface area contributed by atoms with Crippen LogP contribution in [-0.2, 0) is 16.4 Å². The number of nitrogens with zero attached hydrogens (tertiary/aromatic N) is 2. The minimum Gasteiger partial charge on any atom is -0.298 e. The highest BCUT2D eigenvalue weighted by Crippen LogP contribution is 2.36. The Bertz CT molecular complexity index is 1470. The average Bonchev–Trinajstić information content (AvgIpc) is 3.41. The molecule has 1 aliphatic heterocycles. The highest BCUT2D eigenvalue weighted by Gasteiger charge is 2.30. The maximum Gasteiger partial charge on any atom is 0.264 e. The van der Waals surface area contributed by atoms with Crippen LogP contribution in [-0.4, -0.2) is 25.9 Å². The number of carbonyl (C=O) groups is 1. The van der Waals surface area contributed by atoms with Crippen molar-refractivity contribution in [1.29, 1.82) is 0 Å². The molecule has 1 aliphatic rings. The summed E-state index contributed by atoms with van der Waals surface area (Å²) in [6.07, 6.45) is 0.674. The molecule has 0 aliphatic carbocycles. The van der Waals surface area contributed by atoms with E-state index in [1.807, 2.05) is 18.2 Å². The van der Waals surface area contributed by atoms with Crippen LogP contribution in [0, 0.1) is 0 Å². The van der Waals surface area contributed by atoms with Gasteiger partial charge in [0.2, 0.25) is 0 Å². The van der Waals surface area contributed by atoms with Crippen LogP contribution in [0.5, 0.6) is 0 Å². The molecule has 32 heavy (non-hydrogen) atoms. The number of benzene rings is 3. The standard InChI is InChI=1S/C22H15Cl2N3O3S2/c23-16-9-10-18-20(19(16)24)25-22(31-18)26-21(28)14-5-7-15(8-6-14)32(29,30)27-12-11-13-3-1-2-4-17(13)27/h1-10H,11-12H2,(H,25,26,28). The molecule has 1 aromatic heterocycles. The molecule has 3 aromatic carbocycles. The van der Waals surface area contributed by atoms with Gasteiger partial charge in [-0.1, -0.05) is 52.7 Å². The highest BCUT2D eigenvalue weighted by atomic mass is 35.5. The van der Waals surface area contributed by atoms with E-state index in [0.717, 1.165) is 10.3 Å². The Kier molecular flexibility index (Phi) is 5.33. The quantitative estimate of drug-likeness (QED) is 0.392. The number of para-hydroxylation sites is 1. The van der Waals surface area contributed by atoms with Crippen LogP contribution in [0.3, 0.4) is 0 Å². The van der Waals surface area contributed by atoms with E-state index in [-0.39, 0.29) is 4.90 Å². The van der Waals surface area contributed by atoms with E-state index in [2.05, 4.69) is 10.3 Å². The lowest BCUT2D eigenvalue weighted by atomic mass is 10.2. The van der Waals surface area contributed by atoms with Gasteiger partial charge in [0.1, 0.15) is 5.52 Å². The second kappa shape index (κ2) is 8.04. The van der Waals surface area contributed by atoms with E-state index in [1.54, 1.807) is 18.2 Å². The summed E-state index contributed by atoms with van der Waals surface area (Å²) in [5.74, 6) is -0.401. The van der Waals surface area contributed by atoms with E-state index < -0.39 is 15.9 Å². The van der Waals surface area contributed by atoms with E-state index >= 15 is 0 Å². The van der Waals surface area contributed by atoms with E-state index in [9.17, 15) is 13.2 Å².